The zero-order valence-corrected chi connectivity index (χ0v) is 22.7. The summed E-state index contributed by atoms with van der Waals surface area (Å²) in [4.78, 5) is 16.1. The molecule has 1 spiro atoms. The number of ether oxygens (including phenoxy) is 1. The lowest BCUT2D eigenvalue weighted by atomic mass is 9.77. The first kappa shape index (κ1) is 25.3. The highest BCUT2D eigenvalue weighted by Gasteiger charge is 2.51. The summed E-state index contributed by atoms with van der Waals surface area (Å²) in [5, 5.41) is 15.8. The van der Waals surface area contributed by atoms with Gasteiger partial charge in [-0.05, 0) is 43.0 Å². The smallest absolute Gasteiger partial charge is 0.320 e. The number of hydrogen-bond acceptors (Lipinski definition) is 5. The lowest BCUT2D eigenvalue weighted by Crippen LogP contribution is -2.50. The Hall–Kier alpha value is -3.95. The van der Waals surface area contributed by atoms with Crippen molar-refractivity contribution in [2.24, 2.45) is 7.05 Å². The number of para-hydroxylation sites is 1. The molecule has 0 bridgehead atoms. The monoisotopic (exact) mass is 525 g/mol. The van der Waals surface area contributed by atoms with Crippen LogP contribution in [0.3, 0.4) is 0 Å². The number of rotatable bonds is 7. The molecular formula is C30H35N7O2. The summed E-state index contributed by atoms with van der Waals surface area (Å²) in [7, 11) is 3.62. The summed E-state index contributed by atoms with van der Waals surface area (Å²) >= 11 is 0. The molecule has 202 valence electrons. The van der Waals surface area contributed by atoms with E-state index in [0.29, 0.717) is 12.4 Å². The molecule has 1 aliphatic carbocycles. The molecule has 4 aromatic rings. The standard InChI is InChI=1S/C30H35N7O2/c1-21-27(23-17-31-35(2)18-23)34-37(24-10-5-4-6-11-24)28(21)33-29(38)32-26-19-36(15-16-39-3)20-30(26)14-13-22-9-7-8-12-25(22)30/h4-12,17-18,26H,13-16,19-20H2,1-3H3,(H2,32,33,38)/t26-,30+/m1/s1. The fraction of sp³-hybridized carbons (Fsp3) is 0.367. The first-order valence-electron chi connectivity index (χ1n) is 13.5. The Morgan fingerprint density at radius 2 is 1.95 bits per heavy atom. The number of hydrogen-bond donors (Lipinski definition) is 2. The maximum atomic E-state index is 13.7. The fourth-order valence-electron chi connectivity index (χ4n) is 6.34. The molecule has 3 heterocycles. The van der Waals surface area contributed by atoms with Crippen molar-refractivity contribution in [2.45, 2.75) is 31.2 Å². The van der Waals surface area contributed by atoms with E-state index < -0.39 is 0 Å². The second-order valence-electron chi connectivity index (χ2n) is 10.7. The van der Waals surface area contributed by atoms with E-state index in [-0.39, 0.29) is 17.5 Å². The van der Waals surface area contributed by atoms with Crippen molar-refractivity contribution in [3.8, 4) is 16.9 Å². The van der Waals surface area contributed by atoms with Gasteiger partial charge in [0.25, 0.3) is 0 Å². The summed E-state index contributed by atoms with van der Waals surface area (Å²) in [5.74, 6) is 0.646. The number of aromatic nitrogens is 4. The Kier molecular flexibility index (Phi) is 6.70. The molecule has 2 atom stereocenters. The van der Waals surface area contributed by atoms with E-state index in [4.69, 9.17) is 9.84 Å². The Bertz CT molecular complexity index is 1480. The zero-order chi connectivity index (χ0) is 27.0. The van der Waals surface area contributed by atoms with Crippen molar-refractivity contribution in [3.63, 3.8) is 0 Å². The molecule has 1 aliphatic heterocycles. The summed E-state index contributed by atoms with van der Waals surface area (Å²) in [6.07, 6.45) is 5.78. The van der Waals surface area contributed by atoms with Crippen molar-refractivity contribution < 1.29 is 9.53 Å². The molecule has 2 N–H and O–H groups in total. The number of likely N-dealkylation sites (tertiary alicyclic amines) is 1. The van der Waals surface area contributed by atoms with Crippen molar-refractivity contribution in [2.75, 3.05) is 38.7 Å². The topological polar surface area (TPSA) is 89.2 Å². The Balaban J connectivity index is 1.30. The largest absolute Gasteiger partial charge is 0.383 e. The van der Waals surface area contributed by atoms with E-state index in [1.165, 1.54) is 11.1 Å². The number of benzene rings is 2. The van der Waals surface area contributed by atoms with Crippen LogP contribution in [0.15, 0.2) is 67.0 Å². The molecule has 1 fully saturated rings. The summed E-state index contributed by atoms with van der Waals surface area (Å²) < 4.78 is 8.93. The van der Waals surface area contributed by atoms with Gasteiger partial charge >= 0.3 is 6.03 Å². The van der Waals surface area contributed by atoms with E-state index in [2.05, 4.69) is 44.9 Å². The van der Waals surface area contributed by atoms with Gasteiger partial charge in [-0.25, -0.2) is 9.48 Å². The lowest BCUT2D eigenvalue weighted by Gasteiger charge is -2.32. The van der Waals surface area contributed by atoms with Crippen molar-refractivity contribution in [3.05, 3.63) is 83.7 Å². The van der Waals surface area contributed by atoms with Gasteiger partial charge in [0.2, 0.25) is 0 Å². The number of nitrogens with one attached hydrogen (secondary N) is 2. The number of aryl methyl sites for hydroxylation is 2. The third-order valence-corrected chi connectivity index (χ3v) is 8.26. The number of nitrogens with zero attached hydrogens (tertiary/aromatic N) is 5. The highest BCUT2D eigenvalue weighted by molar-refractivity contribution is 5.91. The molecule has 0 radical (unpaired) electrons. The number of carbonyl (C=O) groups excluding carboxylic acids is 1. The Morgan fingerprint density at radius 3 is 2.72 bits per heavy atom. The average Bonchev–Trinajstić information content (AvgIpc) is 3.71. The highest BCUT2D eigenvalue weighted by atomic mass is 16.5. The first-order chi connectivity index (χ1) is 19.0. The molecule has 9 heteroatoms. The molecular weight excluding hydrogens is 490 g/mol. The van der Waals surface area contributed by atoms with E-state index >= 15 is 0 Å². The van der Waals surface area contributed by atoms with Crippen molar-refractivity contribution in [1.82, 2.24) is 29.8 Å². The molecule has 39 heavy (non-hydrogen) atoms. The SMILES string of the molecule is COCCN1C[C@@H](NC(=O)Nc2c(C)c(-c3cnn(C)c3)nn2-c2ccccc2)[C@@]2(CCc3ccccc32)C1. The van der Waals surface area contributed by atoms with E-state index in [1.807, 2.05) is 50.5 Å². The van der Waals surface area contributed by atoms with E-state index in [9.17, 15) is 4.79 Å². The number of methoxy groups -OCH3 is 1. The van der Waals surface area contributed by atoms with E-state index in [1.54, 1.807) is 22.7 Å². The van der Waals surface area contributed by atoms with Gasteiger partial charge in [0, 0.05) is 56.5 Å². The number of anilines is 1. The number of amides is 2. The van der Waals surface area contributed by atoms with Crippen LogP contribution in [0, 0.1) is 6.92 Å². The van der Waals surface area contributed by atoms with Gasteiger partial charge in [0.05, 0.1) is 24.5 Å². The van der Waals surface area contributed by atoms with Gasteiger partial charge < -0.3 is 10.1 Å². The molecule has 0 unspecified atom stereocenters. The van der Waals surface area contributed by atoms with Crippen molar-refractivity contribution >= 4 is 11.8 Å². The minimum Gasteiger partial charge on any atom is -0.383 e. The predicted octanol–water partition coefficient (Wildman–Crippen LogP) is 3.92. The predicted molar refractivity (Wildman–Crippen MR) is 151 cm³/mol. The lowest BCUT2D eigenvalue weighted by molar-refractivity contribution is 0.157. The minimum atomic E-state index is -0.227. The molecule has 6 rings (SSSR count). The molecule has 2 aromatic carbocycles. The van der Waals surface area contributed by atoms with Crippen LogP contribution in [0.1, 0.15) is 23.1 Å². The van der Waals surface area contributed by atoms with Crippen LogP contribution in [0.5, 0.6) is 0 Å². The Morgan fingerprint density at radius 1 is 1.15 bits per heavy atom. The first-order valence-corrected chi connectivity index (χ1v) is 13.5. The van der Waals surface area contributed by atoms with Crippen LogP contribution in [0.4, 0.5) is 10.6 Å². The zero-order valence-electron chi connectivity index (χ0n) is 22.7. The van der Waals surface area contributed by atoms with Gasteiger partial charge in [0.1, 0.15) is 11.5 Å². The molecule has 1 saturated heterocycles. The summed E-state index contributed by atoms with van der Waals surface area (Å²) in [6, 6.07) is 18.3. The number of fused-ring (bicyclic) bond motifs is 2. The maximum Gasteiger partial charge on any atom is 0.320 e. The van der Waals surface area contributed by atoms with Crippen LogP contribution in [-0.4, -0.2) is 69.9 Å². The van der Waals surface area contributed by atoms with Crippen LogP contribution < -0.4 is 10.6 Å². The van der Waals surface area contributed by atoms with Crippen LogP contribution in [-0.2, 0) is 23.6 Å². The second-order valence-corrected chi connectivity index (χ2v) is 10.7. The van der Waals surface area contributed by atoms with Gasteiger partial charge in [-0.3, -0.25) is 14.9 Å². The van der Waals surface area contributed by atoms with Gasteiger partial charge in [0.15, 0.2) is 0 Å². The molecule has 2 amide bonds. The third kappa shape index (κ3) is 4.62. The normalized spacial score (nSPS) is 20.4. The highest BCUT2D eigenvalue weighted by Crippen LogP contribution is 2.45. The quantitative estimate of drug-likeness (QED) is 0.382. The third-order valence-electron chi connectivity index (χ3n) is 8.26. The molecule has 9 nitrogen and oxygen atoms in total. The van der Waals surface area contributed by atoms with Crippen molar-refractivity contribution in [1.29, 1.82) is 0 Å². The second kappa shape index (κ2) is 10.3. The van der Waals surface area contributed by atoms with Gasteiger partial charge in [-0.2, -0.15) is 10.2 Å². The summed E-state index contributed by atoms with van der Waals surface area (Å²) in [6.45, 7) is 5.19. The fourth-order valence-corrected chi connectivity index (χ4v) is 6.34. The maximum absolute atomic E-state index is 13.7. The summed E-state index contributed by atoms with van der Waals surface area (Å²) in [5.41, 5.74) is 6.08. The molecule has 0 saturated carbocycles. The van der Waals surface area contributed by atoms with E-state index in [0.717, 1.165) is 55.0 Å². The average molecular weight is 526 g/mol. The van der Waals surface area contributed by atoms with Gasteiger partial charge in [-0.15, -0.1) is 0 Å². The Labute approximate surface area is 228 Å². The van der Waals surface area contributed by atoms with Crippen LogP contribution in [0.25, 0.3) is 16.9 Å². The van der Waals surface area contributed by atoms with Crippen LogP contribution in [0.2, 0.25) is 0 Å². The number of urea groups is 1. The minimum absolute atomic E-state index is 0.0239. The number of carbonyl (C=O) groups is 1. The van der Waals surface area contributed by atoms with Crippen LogP contribution >= 0.6 is 0 Å². The molecule has 2 aromatic heterocycles. The van der Waals surface area contributed by atoms with Gasteiger partial charge in [-0.1, -0.05) is 42.5 Å². The molecule has 2 aliphatic rings.